The molecule has 1 aromatic heterocycles. The number of aryl methyl sites for hydroxylation is 2. The normalized spacial score (nSPS) is 22.0. The van der Waals surface area contributed by atoms with Gasteiger partial charge in [0.15, 0.2) is 0 Å². The van der Waals surface area contributed by atoms with Crippen LogP contribution in [0.5, 0.6) is 0 Å². The maximum Gasteiger partial charge on any atom is 0.318 e. The van der Waals surface area contributed by atoms with E-state index >= 15 is 0 Å². The van der Waals surface area contributed by atoms with Crippen LogP contribution in [0.3, 0.4) is 0 Å². The molecule has 122 valence electrons. The minimum Gasteiger partial charge on any atom is -0.371 e. The van der Waals surface area contributed by atoms with Gasteiger partial charge in [0.05, 0.1) is 30.5 Å². The van der Waals surface area contributed by atoms with Crippen LogP contribution >= 0.6 is 0 Å². The van der Waals surface area contributed by atoms with Gasteiger partial charge in [0.1, 0.15) is 5.76 Å². The van der Waals surface area contributed by atoms with E-state index in [9.17, 15) is 4.79 Å². The van der Waals surface area contributed by atoms with Crippen LogP contribution in [0.2, 0.25) is 0 Å². The predicted molar refractivity (Wildman–Crippen MR) is 81.6 cm³/mol. The summed E-state index contributed by atoms with van der Waals surface area (Å²) in [4.78, 5) is 14.5. The van der Waals surface area contributed by atoms with Crippen LogP contribution in [0.1, 0.15) is 55.7 Å². The van der Waals surface area contributed by atoms with Crippen LogP contribution in [0, 0.1) is 13.8 Å². The van der Waals surface area contributed by atoms with Crippen LogP contribution in [-0.4, -0.2) is 41.4 Å². The Morgan fingerprint density at radius 1 is 1.36 bits per heavy atom. The fourth-order valence-electron chi connectivity index (χ4n) is 3.80. The van der Waals surface area contributed by atoms with E-state index in [2.05, 4.69) is 10.5 Å². The van der Waals surface area contributed by atoms with Gasteiger partial charge < -0.3 is 19.5 Å². The van der Waals surface area contributed by atoms with Crippen molar-refractivity contribution in [1.82, 2.24) is 15.4 Å². The Balaban J connectivity index is 1.64. The Morgan fingerprint density at radius 3 is 2.73 bits per heavy atom. The van der Waals surface area contributed by atoms with E-state index in [1.807, 2.05) is 25.7 Å². The van der Waals surface area contributed by atoms with Crippen LogP contribution < -0.4 is 5.32 Å². The first kappa shape index (κ1) is 15.3. The SMILES string of the molecule is Cc1noc(C)c1[C@H](C)NC(=O)N1CCOC2(CCCC2)C1. The number of hydrogen-bond acceptors (Lipinski definition) is 4. The van der Waals surface area contributed by atoms with E-state index in [4.69, 9.17) is 9.26 Å². The summed E-state index contributed by atoms with van der Waals surface area (Å²) in [6.45, 7) is 7.73. The number of nitrogens with one attached hydrogen (secondary N) is 1. The van der Waals surface area contributed by atoms with Crippen molar-refractivity contribution in [1.29, 1.82) is 0 Å². The highest BCUT2D eigenvalue weighted by Gasteiger charge is 2.40. The van der Waals surface area contributed by atoms with Gasteiger partial charge in [-0.05, 0) is 33.6 Å². The number of aromatic nitrogens is 1. The van der Waals surface area contributed by atoms with E-state index in [0.717, 1.165) is 29.9 Å². The molecule has 1 saturated heterocycles. The van der Waals surface area contributed by atoms with Gasteiger partial charge in [-0.25, -0.2) is 4.79 Å². The molecule has 2 heterocycles. The summed E-state index contributed by atoms with van der Waals surface area (Å²) in [5.41, 5.74) is 1.71. The predicted octanol–water partition coefficient (Wildman–Crippen LogP) is 2.71. The number of carbonyl (C=O) groups excluding carboxylic acids is 1. The van der Waals surface area contributed by atoms with Crippen LogP contribution in [0.4, 0.5) is 4.79 Å². The van der Waals surface area contributed by atoms with Gasteiger partial charge >= 0.3 is 6.03 Å². The number of nitrogens with zero attached hydrogens (tertiary/aromatic N) is 2. The number of carbonyl (C=O) groups is 1. The topological polar surface area (TPSA) is 67.6 Å². The molecule has 6 nitrogen and oxygen atoms in total. The van der Waals surface area contributed by atoms with Crippen LogP contribution in [0.25, 0.3) is 0 Å². The molecular weight excluding hydrogens is 282 g/mol. The number of ether oxygens (including phenoxy) is 1. The molecule has 2 aliphatic rings. The van der Waals surface area contributed by atoms with Crippen molar-refractivity contribution < 1.29 is 14.1 Å². The molecule has 1 N–H and O–H groups in total. The number of urea groups is 1. The summed E-state index contributed by atoms with van der Waals surface area (Å²) >= 11 is 0. The van der Waals surface area contributed by atoms with Crippen molar-refractivity contribution in [2.24, 2.45) is 0 Å². The average molecular weight is 307 g/mol. The lowest BCUT2D eigenvalue weighted by atomic mass is 10.00. The molecule has 1 atom stereocenters. The number of hydrogen-bond donors (Lipinski definition) is 1. The first-order valence-electron chi connectivity index (χ1n) is 8.13. The monoisotopic (exact) mass is 307 g/mol. The second kappa shape index (κ2) is 5.91. The van der Waals surface area contributed by atoms with Gasteiger partial charge in [0.25, 0.3) is 0 Å². The second-order valence-electron chi connectivity index (χ2n) is 6.57. The van der Waals surface area contributed by atoms with Crippen molar-refractivity contribution in [2.75, 3.05) is 19.7 Å². The molecule has 1 spiro atoms. The van der Waals surface area contributed by atoms with E-state index in [1.165, 1.54) is 12.8 Å². The van der Waals surface area contributed by atoms with Crippen molar-refractivity contribution >= 4 is 6.03 Å². The molecule has 3 rings (SSSR count). The Morgan fingerprint density at radius 2 is 2.09 bits per heavy atom. The van der Waals surface area contributed by atoms with Gasteiger partial charge in [-0.3, -0.25) is 0 Å². The molecule has 0 aromatic carbocycles. The summed E-state index contributed by atoms with van der Waals surface area (Å²) in [7, 11) is 0. The van der Waals surface area contributed by atoms with Gasteiger partial charge in [-0.1, -0.05) is 18.0 Å². The van der Waals surface area contributed by atoms with Gasteiger partial charge in [0.2, 0.25) is 0 Å². The lowest BCUT2D eigenvalue weighted by Crippen LogP contribution is -2.55. The Bertz CT molecular complexity index is 529. The Labute approximate surface area is 131 Å². The van der Waals surface area contributed by atoms with Crippen molar-refractivity contribution in [2.45, 2.75) is 58.1 Å². The average Bonchev–Trinajstić information content (AvgIpc) is 3.06. The molecule has 0 bridgehead atoms. The van der Waals surface area contributed by atoms with Crippen molar-refractivity contribution in [3.8, 4) is 0 Å². The van der Waals surface area contributed by atoms with Gasteiger partial charge in [-0.15, -0.1) is 0 Å². The molecule has 0 unspecified atom stereocenters. The second-order valence-corrected chi connectivity index (χ2v) is 6.57. The molecule has 1 aliphatic carbocycles. The lowest BCUT2D eigenvalue weighted by Gasteiger charge is -2.40. The van der Waals surface area contributed by atoms with Crippen LogP contribution in [-0.2, 0) is 4.74 Å². The smallest absolute Gasteiger partial charge is 0.318 e. The van der Waals surface area contributed by atoms with E-state index in [-0.39, 0.29) is 17.7 Å². The van der Waals surface area contributed by atoms with Crippen molar-refractivity contribution in [3.63, 3.8) is 0 Å². The number of rotatable bonds is 2. The molecule has 0 radical (unpaired) electrons. The Hall–Kier alpha value is -1.56. The summed E-state index contributed by atoms with van der Waals surface area (Å²) < 4.78 is 11.2. The quantitative estimate of drug-likeness (QED) is 0.912. The van der Waals surface area contributed by atoms with Gasteiger partial charge in [-0.2, -0.15) is 0 Å². The van der Waals surface area contributed by atoms with E-state index < -0.39 is 0 Å². The zero-order valence-corrected chi connectivity index (χ0v) is 13.6. The highest BCUT2D eigenvalue weighted by molar-refractivity contribution is 5.75. The summed E-state index contributed by atoms with van der Waals surface area (Å²) in [5, 5.41) is 7.03. The fraction of sp³-hybridized carbons (Fsp3) is 0.750. The molecule has 1 aliphatic heterocycles. The zero-order valence-electron chi connectivity index (χ0n) is 13.6. The molecule has 1 aromatic rings. The molecule has 6 heteroatoms. The largest absolute Gasteiger partial charge is 0.371 e. The maximum absolute atomic E-state index is 12.6. The third kappa shape index (κ3) is 2.84. The number of amides is 2. The zero-order chi connectivity index (χ0) is 15.7. The first-order valence-corrected chi connectivity index (χ1v) is 8.13. The highest BCUT2D eigenvalue weighted by atomic mass is 16.5. The number of morpholine rings is 1. The molecule has 2 amide bonds. The molecular formula is C16H25N3O3. The van der Waals surface area contributed by atoms with E-state index in [1.54, 1.807) is 0 Å². The molecule has 2 fully saturated rings. The van der Waals surface area contributed by atoms with E-state index in [0.29, 0.717) is 19.7 Å². The third-order valence-corrected chi connectivity index (χ3v) is 4.91. The Kier molecular flexibility index (Phi) is 4.12. The summed E-state index contributed by atoms with van der Waals surface area (Å²) in [6.07, 6.45) is 4.53. The summed E-state index contributed by atoms with van der Waals surface area (Å²) in [6, 6.07) is -0.136. The van der Waals surface area contributed by atoms with Crippen molar-refractivity contribution in [3.05, 3.63) is 17.0 Å². The molecule has 1 saturated carbocycles. The first-order chi connectivity index (χ1) is 10.5. The standard InChI is InChI=1S/C16H25N3O3/c1-11(14-12(2)18-22-13(14)3)17-15(20)19-8-9-21-16(10-19)6-4-5-7-16/h11H,4-10H2,1-3H3,(H,17,20)/t11-/m0/s1. The minimum absolute atomic E-state index is 0.0259. The third-order valence-electron chi connectivity index (χ3n) is 4.91. The van der Waals surface area contributed by atoms with Gasteiger partial charge in [0, 0.05) is 12.1 Å². The maximum atomic E-state index is 12.6. The minimum atomic E-state index is -0.110. The fourth-order valence-corrected chi connectivity index (χ4v) is 3.80. The highest BCUT2D eigenvalue weighted by Crippen LogP contribution is 2.36. The summed E-state index contributed by atoms with van der Waals surface area (Å²) in [5.74, 6) is 0.763. The lowest BCUT2D eigenvalue weighted by molar-refractivity contribution is -0.0927. The van der Waals surface area contributed by atoms with Crippen LogP contribution in [0.15, 0.2) is 4.52 Å². The molecule has 22 heavy (non-hydrogen) atoms.